The van der Waals surface area contributed by atoms with Gasteiger partial charge in [0.15, 0.2) is 5.96 Å². The van der Waals surface area contributed by atoms with Crippen LogP contribution in [0.2, 0.25) is 0 Å². The van der Waals surface area contributed by atoms with Crippen LogP contribution in [-0.4, -0.2) is 56.6 Å². The summed E-state index contributed by atoms with van der Waals surface area (Å²) in [7, 11) is 1.77. The number of aryl methyl sites for hydroxylation is 1. The van der Waals surface area contributed by atoms with Crippen molar-refractivity contribution in [3.05, 3.63) is 34.7 Å². The van der Waals surface area contributed by atoms with Crippen LogP contribution in [0.5, 0.6) is 0 Å². The fourth-order valence-corrected chi connectivity index (χ4v) is 2.65. The maximum Gasteiger partial charge on any atom is 0.250 e. The van der Waals surface area contributed by atoms with Crippen molar-refractivity contribution in [1.29, 1.82) is 0 Å². The minimum atomic E-state index is 0. The molecular weight excluding hydrogens is 447 g/mol. The summed E-state index contributed by atoms with van der Waals surface area (Å²) in [5.74, 6) is 0.807. The molecule has 1 unspecified atom stereocenters. The smallest absolute Gasteiger partial charge is 0.250 e. The Kier molecular flexibility index (Phi) is 12.3. The van der Waals surface area contributed by atoms with Gasteiger partial charge >= 0.3 is 0 Å². The molecule has 0 spiro atoms. The van der Waals surface area contributed by atoms with Crippen LogP contribution in [0.3, 0.4) is 0 Å². The minimum absolute atomic E-state index is 0. The molecule has 2 rings (SSSR count). The van der Waals surface area contributed by atoms with Crippen molar-refractivity contribution in [3.63, 3.8) is 0 Å². The second-order valence-electron chi connectivity index (χ2n) is 6.08. The standard InChI is InChI=1S/C18H30N4O3.HI/c1-19-18(21-10-6-13-25-16-8-14-24-15-16)20-9-3-5-12-22-11-4-2-7-17(22)23;/h2,4,7,11,16H,3,5-6,8-10,12-15H2,1H3,(H2,19,20,21);1H. The monoisotopic (exact) mass is 478 g/mol. The highest BCUT2D eigenvalue weighted by atomic mass is 127. The van der Waals surface area contributed by atoms with Crippen LogP contribution < -0.4 is 16.2 Å². The maximum absolute atomic E-state index is 11.6. The molecule has 148 valence electrons. The molecule has 0 amide bonds. The van der Waals surface area contributed by atoms with Crippen molar-refractivity contribution in [3.8, 4) is 0 Å². The van der Waals surface area contributed by atoms with Gasteiger partial charge in [0, 0.05) is 52.2 Å². The van der Waals surface area contributed by atoms with Gasteiger partial charge in [-0.25, -0.2) is 0 Å². The molecule has 7 nitrogen and oxygen atoms in total. The molecule has 1 aromatic rings. The Hall–Kier alpha value is -1.13. The van der Waals surface area contributed by atoms with Crippen molar-refractivity contribution < 1.29 is 9.47 Å². The highest BCUT2D eigenvalue weighted by Gasteiger charge is 2.15. The summed E-state index contributed by atoms with van der Waals surface area (Å²) >= 11 is 0. The van der Waals surface area contributed by atoms with E-state index >= 15 is 0 Å². The first kappa shape index (κ1) is 22.9. The number of ether oxygens (including phenoxy) is 2. The van der Waals surface area contributed by atoms with Crippen molar-refractivity contribution in [1.82, 2.24) is 15.2 Å². The third-order valence-corrected chi connectivity index (χ3v) is 4.10. The summed E-state index contributed by atoms with van der Waals surface area (Å²) in [6.45, 7) is 4.69. The van der Waals surface area contributed by atoms with E-state index in [4.69, 9.17) is 9.47 Å². The normalized spacial score (nSPS) is 17.0. The number of hydrogen-bond donors (Lipinski definition) is 2. The van der Waals surface area contributed by atoms with E-state index in [0.29, 0.717) is 0 Å². The lowest BCUT2D eigenvalue weighted by Crippen LogP contribution is -2.38. The molecule has 2 heterocycles. The maximum atomic E-state index is 11.6. The highest BCUT2D eigenvalue weighted by Crippen LogP contribution is 2.07. The molecule has 0 aromatic carbocycles. The number of halogens is 1. The first-order valence-electron chi connectivity index (χ1n) is 9.09. The average Bonchev–Trinajstić information content (AvgIpc) is 3.14. The molecule has 26 heavy (non-hydrogen) atoms. The molecular formula is C18H31IN4O3. The second-order valence-corrected chi connectivity index (χ2v) is 6.08. The molecule has 2 N–H and O–H groups in total. The number of aliphatic imine (C=N–C) groups is 1. The number of unbranched alkanes of at least 4 members (excludes halogenated alkanes) is 1. The second kappa shape index (κ2) is 14.0. The fourth-order valence-electron chi connectivity index (χ4n) is 2.65. The summed E-state index contributed by atoms with van der Waals surface area (Å²) in [6.07, 6.45) is 5.98. The first-order chi connectivity index (χ1) is 12.3. The van der Waals surface area contributed by atoms with Gasteiger partial charge in [0.05, 0.1) is 12.7 Å². The number of rotatable bonds is 10. The lowest BCUT2D eigenvalue weighted by molar-refractivity contribution is 0.0420. The third kappa shape index (κ3) is 9.00. The van der Waals surface area contributed by atoms with E-state index in [9.17, 15) is 4.79 Å². The molecule has 1 saturated heterocycles. The van der Waals surface area contributed by atoms with Crippen LogP contribution in [0.1, 0.15) is 25.7 Å². The molecule has 0 aliphatic carbocycles. The Balaban J connectivity index is 0.00000338. The Morgan fingerprint density at radius 3 is 2.81 bits per heavy atom. The molecule has 1 aliphatic heterocycles. The summed E-state index contributed by atoms with van der Waals surface area (Å²) in [5.41, 5.74) is 0.0549. The van der Waals surface area contributed by atoms with Crippen molar-refractivity contribution in [2.45, 2.75) is 38.3 Å². The van der Waals surface area contributed by atoms with E-state index in [1.54, 1.807) is 23.7 Å². The highest BCUT2D eigenvalue weighted by molar-refractivity contribution is 14.0. The van der Waals surface area contributed by atoms with Gasteiger partial charge < -0.3 is 24.7 Å². The summed E-state index contributed by atoms with van der Waals surface area (Å²) in [5, 5.41) is 6.58. The zero-order chi connectivity index (χ0) is 17.7. The minimum Gasteiger partial charge on any atom is -0.379 e. The first-order valence-corrected chi connectivity index (χ1v) is 9.09. The molecule has 0 bridgehead atoms. The number of guanidine groups is 1. The van der Waals surface area contributed by atoms with Crippen molar-refractivity contribution >= 4 is 29.9 Å². The number of nitrogens with one attached hydrogen (secondary N) is 2. The van der Waals surface area contributed by atoms with E-state index in [1.165, 1.54) is 0 Å². The lowest BCUT2D eigenvalue weighted by Gasteiger charge is -2.13. The van der Waals surface area contributed by atoms with Gasteiger partial charge in [-0.15, -0.1) is 24.0 Å². The SMILES string of the molecule is CN=C(NCCCCn1ccccc1=O)NCCCOC1CCOC1.I. The molecule has 1 fully saturated rings. The predicted molar refractivity (Wildman–Crippen MR) is 115 cm³/mol. The van der Waals surface area contributed by atoms with E-state index in [1.807, 2.05) is 12.3 Å². The van der Waals surface area contributed by atoms with E-state index in [2.05, 4.69) is 15.6 Å². The molecule has 0 saturated carbocycles. The van der Waals surface area contributed by atoms with Crippen LogP contribution in [0.4, 0.5) is 0 Å². The van der Waals surface area contributed by atoms with Crippen LogP contribution in [0.25, 0.3) is 0 Å². The fraction of sp³-hybridized carbons (Fsp3) is 0.667. The third-order valence-electron chi connectivity index (χ3n) is 4.10. The average molecular weight is 478 g/mol. The zero-order valence-electron chi connectivity index (χ0n) is 15.5. The van der Waals surface area contributed by atoms with Crippen LogP contribution in [0.15, 0.2) is 34.2 Å². The topological polar surface area (TPSA) is 76.9 Å². The van der Waals surface area contributed by atoms with Gasteiger partial charge in [0.1, 0.15) is 0 Å². The van der Waals surface area contributed by atoms with Gasteiger partial charge in [0.2, 0.25) is 5.56 Å². The zero-order valence-corrected chi connectivity index (χ0v) is 17.8. The van der Waals surface area contributed by atoms with Crippen molar-refractivity contribution in [2.24, 2.45) is 4.99 Å². The number of hydrogen-bond acceptors (Lipinski definition) is 4. The van der Waals surface area contributed by atoms with E-state index in [0.717, 1.165) is 71.1 Å². The van der Waals surface area contributed by atoms with Gasteiger partial charge in [-0.2, -0.15) is 0 Å². The summed E-state index contributed by atoms with van der Waals surface area (Å²) in [4.78, 5) is 15.8. The van der Waals surface area contributed by atoms with Crippen LogP contribution in [-0.2, 0) is 16.0 Å². The molecule has 0 radical (unpaired) electrons. The molecule has 1 aromatic heterocycles. The quantitative estimate of drug-likeness (QED) is 0.231. The Bertz CT molecular complexity index is 574. The van der Waals surface area contributed by atoms with Gasteiger partial charge in [-0.1, -0.05) is 6.07 Å². The lowest BCUT2D eigenvalue weighted by atomic mass is 10.3. The molecule has 1 atom stereocenters. The van der Waals surface area contributed by atoms with E-state index in [-0.39, 0.29) is 35.6 Å². The Morgan fingerprint density at radius 2 is 2.12 bits per heavy atom. The predicted octanol–water partition coefficient (Wildman–Crippen LogP) is 1.61. The number of nitrogens with zero attached hydrogens (tertiary/aromatic N) is 2. The van der Waals surface area contributed by atoms with Gasteiger partial charge in [-0.05, 0) is 31.7 Å². The molecule has 8 heteroatoms. The van der Waals surface area contributed by atoms with Crippen molar-refractivity contribution in [2.75, 3.05) is 40.0 Å². The Labute approximate surface area is 172 Å². The van der Waals surface area contributed by atoms with E-state index < -0.39 is 0 Å². The van der Waals surface area contributed by atoms with Gasteiger partial charge in [-0.3, -0.25) is 9.79 Å². The van der Waals surface area contributed by atoms with Crippen LogP contribution in [0, 0.1) is 0 Å². The number of aromatic nitrogens is 1. The largest absolute Gasteiger partial charge is 0.379 e. The van der Waals surface area contributed by atoms with Crippen LogP contribution >= 0.6 is 24.0 Å². The molecule has 1 aliphatic rings. The summed E-state index contributed by atoms with van der Waals surface area (Å²) in [6, 6.07) is 5.24. The number of pyridine rings is 1. The Morgan fingerprint density at radius 1 is 1.31 bits per heavy atom. The van der Waals surface area contributed by atoms with Gasteiger partial charge in [0.25, 0.3) is 0 Å². The summed E-state index contributed by atoms with van der Waals surface area (Å²) < 4.78 is 12.7.